The van der Waals surface area contributed by atoms with E-state index in [0.717, 1.165) is 44.9 Å². The molecule has 0 bridgehead atoms. The third-order valence-corrected chi connectivity index (χ3v) is 11.8. The van der Waals surface area contributed by atoms with E-state index in [1.807, 2.05) is 0 Å². The fraction of sp³-hybridized carbons (Fsp3) is 0.878. The van der Waals surface area contributed by atoms with Crippen molar-refractivity contribution in [2.45, 2.75) is 251 Å². The molecule has 0 fully saturated rings. The van der Waals surface area contributed by atoms with Crippen molar-refractivity contribution in [3.05, 3.63) is 24.3 Å². The van der Waals surface area contributed by atoms with Crippen LogP contribution in [0.1, 0.15) is 245 Å². The summed E-state index contributed by atoms with van der Waals surface area (Å²) in [5.74, 6) is -0.818. The predicted molar refractivity (Wildman–Crippen MR) is 247 cm³/mol. The molecule has 2 unspecified atom stereocenters. The van der Waals surface area contributed by atoms with Gasteiger partial charge in [-0.1, -0.05) is 212 Å². The van der Waals surface area contributed by atoms with E-state index < -0.39 is 26.5 Å². The minimum atomic E-state index is -4.37. The fourth-order valence-electron chi connectivity index (χ4n) is 7.14. The first-order valence-electron chi connectivity index (χ1n) is 24.8. The topological polar surface area (TPSA) is 134 Å². The largest absolute Gasteiger partial charge is 0.472 e. The number of phosphoric ester groups is 1. The summed E-state index contributed by atoms with van der Waals surface area (Å²) in [4.78, 5) is 35.0. The van der Waals surface area contributed by atoms with E-state index in [4.69, 9.17) is 24.3 Å². The first-order valence-corrected chi connectivity index (χ1v) is 26.3. The molecular formula is C49H94NO8P. The van der Waals surface area contributed by atoms with Crippen molar-refractivity contribution in [3.63, 3.8) is 0 Å². The van der Waals surface area contributed by atoms with E-state index in [9.17, 15) is 19.0 Å². The highest BCUT2D eigenvalue weighted by Crippen LogP contribution is 2.43. The fourth-order valence-corrected chi connectivity index (χ4v) is 7.90. The number of unbranched alkanes of at least 4 members (excludes halogenated alkanes) is 30. The van der Waals surface area contributed by atoms with E-state index >= 15 is 0 Å². The zero-order valence-electron chi connectivity index (χ0n) is 38.5. The highest BCUT2D eigenvalue weighted by Gasteiger charge is 2.26. The van der Waals surface area contributed by atoms with Crippen LogP contribution in [0, 0.1) is 0 Å². The van der Waals surface area contributed by atoms with Crippen LogP contribution in [0.15, 0.2) is 24.3 Å². The van der Waals surface area contributed by atoms with Crippen molar-refractivity contribution in [1.29, 1.82) is 0 Å². The number of carbonyl (C=O) groups is 2. The van der Waals surface area contributed by atoms with E-state index in [1.165, 1.54) is 167 Å². The van der Waals surface area contributed by atoms with Gasteiger partial charge in [0.15, 0.2) is 6.10 Å². The maximum Gasteiger partial charge on any atom is 0.472 e. The lowest BCUT2D eigenvalue weighted by Gasteiger charge is -2.19. The lowest BCUT2D eigenvalue weighted by molar-refractivity contribution is -0.161. The van der Waals surface area contributed by atoms with Crippen LogP contribution >= 0.6 is 7.82 Å². The Morgan fingerprint density at radius 1 is 0.508 bits per heavy atom. The number of hydrogen-bond acceptors (Lipinski definition) is 8. The molecule has 0 aromatic heterocycles. The average Bonchev–Trinajstić information content (AvgIpc) is 3.22. The van der Waals surface area contributed by atoms with Gasteiger partial charge in [0, 0.05) is 19.4 Å². The molecule has 0 saturated heterocycles. The Hall–Kier alpha value is -1.51. The standard InChI is InChI=1S/C49H94NO8P/c1-3-5-7-9-11-13-15-17-18-19-20-21-22-23-24-25-26-27-28-30-32-34-36-38-40-42-49(52)58-47(46-57-59(53,54)56-44-43-50)45-55-48(51)41-39-37-35-33-31-29-16-14-12-10-8-6-4-2/h15,17,19-20,47H,3-14,16,18,21-46,50H2,1-2H3,(H,53,54)/b17-15-,20-19-. The average molecular weight is 856 g/mol. The first-order chi connectivity index (χ1) is 28.8. The Bertz CT molecular complexity index is 1020. The van der Waals surface area contributed by atoms with Gasteiger partial charge in [0.2, 0.25) is 0 Å². The van der Waals surface area contributed by atoms with Crippen molar-refractivity contribution in [3.8, 4) is 0 Å². The Morgan fingerprint density at radius 2 is 0.881 bits per heavy atom. The molecule has 0 radical (unpaired) electrons. The third-order valence-electron chi connectivity index (χ3n) is 10.8. The predicted octanol–water partition coefficient (Wildman–Crippen LogP) is 14.7. The number of phosphoric acid groups is 1. The second-order valence-corrected chi connectivity index (χ2v) is 18.1. The zero-order valence-corrected chi connectivity index (χ0v) is 39.4. The molecule has 3 N–H and O–H groups in total. The SMILES string of the molecule is CCCCCCC/C=C\C/C=C\CCCCCCCCCCCCCCCC(=O)OC(COC(=O)CCCCCCCCCCCCCCC)COP(=O)(O)OCCN. The van der Waals surface area contributed by atoms with Gasteiger partial charge >= 0.3 is 19.8 Å². The molecule has 59 heavy (non-hydrogen) atoms. The highest BCUT2D eigenvalue weighted by atomic mass is 31.2. The van der Waals surface area contributed by atoms with Gasteiger partial charge in [-0.25, -0.2) is 4.57 Å². The minimum Gasteiger partial charge on any atom is -0.462 e. The highest BCUT2D eigenvalue weighted by molar-refractivity contribution is 7.47. The number of carbonyl (C=O) groups excluding carboxylic acids is 2. The molecule has 2 atom stereocenters. The van der Waals surface area contributed by atoms with Crippen LogP contribution < -0.4 is 5.73 Å². The zero-order chi connectivity index (χ0) is 43.2. The second kappa shape index (κ2) is 46.0. The summed E-state index contributed by atoms with van der Waals surface area (Å²) in [6, 6.07) is 0. The molecule has 0 heterocycles. The van der Waals surface area contributed by atoms with Gasteiger partial charge in [-0.2, -0.15) is 0 Å². The van der Waals surface area contributed by atoms with Crippen molar-refractivity contribution < 1.29 is 37.6 Å². The summed E-state index contributed by atoms with van der Waals surface area (Å²) in [5.41, 5.74) is 5.36. The number of ether oxygens (including phenoxy) is 2. The molecule has 0 spiro atoms. The summed E-state index contributed by atoms with van der Waals surface area (Å²) in [6.45, 7) is 3.76. The minimum absolute atomic E-state index is 0.0555. The van der Waals surface area contributed by atoms with Gasteiger partial charge in [-0.3, -0.25) is 18.6 Å². The molecular weight excluding hydrogens is 762 g/mol. The van der Waals surface area contributed by atoms with Crippen LogP contribution in [0.25, 0.3) is 0 Å². The molecule has 9 nitrogen and oxygen atoms in total. The first kappa shape index (κ1) is 57.5. The molecule has 0 saturated carbocycles. The van der Waals surface area contributed by atoms with Gasteiger partial charge in [-0.15, -0.1) is 0 Å². The van der Waals surface area contributed by atoms with Gasteiger partial charge in [0.25, 0.3) is 0 Å². The smallest absolute Gasteiger partial charge is 0.462 e. The van der Waals surface area contributed by atoms with Gasteiger partial charge < -0.3 is 20.1 Å². The van der Waals surface area contributed by atoms with Crippen molar-refractivity contribution in [2.75, 3.05) is 26.4 Å². The van der Waals surface area contributed by atoms with Crippen LogP contribution in [0.4, 0.5) is 0 Å². The van der Waals surface area contributed by atoms with Crippen LogP contribution in [-0.2, 0) is 32.7 Å². The Morgan fingerprint density at radius 3 is 1.29 bits per heavy atom. The second-order valence-electron chi connectivity index (χ2n) is 16.7. The van der Waals surface area contributed by atoms with Crippen molar-refractivity contribution >= 4 is 19.8 Å². The van der Waals surface area contributed by atoms with E-state index in [0.29, 0.717) is 6.42 Å². The van der Waals surface area contributed by atoms with Crippen LogP contribution in [0.3, 0.4) is 0 Å². The summed E-state index contributed by atoms with van der Waals surface area (Å²) in [6.07, 6.45) is 50.7. The quantitative estimate of drug-likeness (QED) is 0.0265. The number of rotatable bonds is 47. The van der Waals surface area contributed by atoms with Crippen molar-refractivity contribution in [1.82, 2.24) is 0 Å². The van der Waals surface area contributed by atoms with Gasteiger partial charge in [0.1, 0.15) is 6.61 Å². The number of nitrogens with two attached hydrogens (primary N) is 1. The monoisotopic (exact) mass is 856 g/mol. The van der Waals surface area contributed by atoms with E-state index in [-0.39, 0.29) is 38.6 Å². The molecule has 0 rings (SSSR count). The third kappa shape index (κ3) is 45.8. The molecule has 0 aromatic carbocycles. The summed E-state index contributed by atoms with van der Waals surface area (Å²) < 4.78 is 32.9. The van der Waals surface area contributed by atoms with Crippen LogP contribution in [0.5, 0.6) is 0 Å². The Labute approximate surface area is 363 Å². The normalized spacial score (nSPS) is 13.4. The molecule has 0 aliphatic rings. The summed E-state index contributed by atoms with van der Waals surface area (Å²) in [7, 11) is -4.37. The Balaban J connectivity index is 3.99. The van der Waals surface area contributed by atoms with Crippen LogP contribution in [0.2, 0.25) is 0 Å². The van der Waals surface area contributed by atoms with Crippen molar-refractivity contribution in [2.24, 2.45) is 5.73 Å². The van der Waals surface area contributed by atoms with Gasteiger partial charge in [-0.05, 0) is 44.9 Å². The molecule has 0 aliphatic heterocycles. The molecule has 348 valence electrons. The van der Waals surface area contributed by atoms with Gasteiger partial charge in [0.05, 0.1) is 13.2 Å². The molecule has 0 aromatic rings. The maximum absolute atomic E-state index is 12.6. The molecule has 0 amide bonds. The van der Waals surface area contributed by atoms with E-state index in [1.54, 1.807) is 0 Å². The summed E-state index contributed by atoms with van der Waals surface area (Å²) >= 11 is 0. The lowest BCUT2D eigenvalue weighted by atomic mass is 10.0. The number of esters is 2. The lowest BCUT2D eigenvalue weighted by Crippen LogP contribution is -2.29. The maximum atomic E-state index is 12.6. The number of hydrogen-bond donors (Lipinski definition) is 2. The summed E-state index contributed by atoms with van der Waals surface area (Å²) in [5, 5.41) is 0. The van der Waals surface area contributed by atoms with Crippen LogP contribution in [-0.4, -0.2) is 49.3 Å². The molecule has 10 heteroatoms. The van der Waals surface area contributed by atoms with E-state index in [2.05, 4.69) is 38.2 Å². The number of allylic oxidation sites excluding steroid dienone is 4. The molecule has 0 aliphatic carbocycles. The Kier molecular flexibility index (Phi) is 44.8.